The summed E-state index contributed by atoms with van der Waals surface area (Å²) in [6.45, 7) is 25.6. The summed E-state index contributed by atoms with van der Waals surface area (Å²) in [6, 6.07) is 10.2. The van der Waals surface area contributed by atoms with Gasteiger partial charge in [0.2, 0.25) is 0 Å². The van der Waals surface area contributed by atoms with Crippen LogP contribution in [-0.4, -0.2) is 30.6 Å². The van der Waals surface area contributed by atoms with Crippen LogP contribution < -0.4 is 0 Å². The third kappa shape index (κ3) is 7.71. The summed E-state index contributed by atoms with van der Waals surface area (Å²) in [4.78, 5) is 11.1. The first-order valence-electron chi connectivity index (χ1n) is 12.0. The van der Waals surface area contributed by atoms with Gasteiger partial charge in [-0.05, 0) is 10.8 Å². The summed E-state index contributed by atoms with van der Waals surface area (Å²) in [5, 5.41) is 0. The Labute approximate surface area is 208 Å². The van der Waals surface area contributed by atoms with Crippen molar-refractivity contribution in [3.05, 3.63) is 35.9 Å². The molecule has 0 spiro atoms. The highest BCUT2D eigenvalue weighted by molar-refractivity contribution is 5.62. The number of rotatable bonds is 1. The Hall–Kier alpha value is -1.59. The molecule has 2 saturated heterocycles. The van der Waals surface area contributed by atoms with Gasteiger partial charge in [-0.3, -0.25) is 0 Å². The van der Waals surface area contributed by atoms with E-state index >= 15 is 0 Å². The van der Waals surface area contributed by atoms with Gasteiger partial charge in [-0.2, -0.15) is 0 Å². The van der Waals surface area contributed by atoms with Gasteiger partial charge in [0, 0.05) is 16.4 Å². The SMILES string of the molecule is C.CC(C)(C)[C@@H]1OC(=O)O[C@H]1C(C)(C)C.CC(C)(C)[C@@H]1OC(c2ccccc2)O[C@H]1C(C)(C)C. The molecular weight excluding hydrogens is 428 g/mol. The van der Waals surface area contributed by atoms with Crippen LogP contribution in [0.1, 0.15) is 102 Å². The Morgan fingerprint density at radius 2 is 0.882 bits per heavy atom. The minimum absolute atomic E-state index is 0. The summed E-state index contributed by atoms with van der Waals surface area (Å²) in [5.74, 6) is 0. The molecule has 196 valence electrons. The van der Waals surface area contributed by atoms with Crippen LogP contribution in [-0.2, 0) is 18.9 Å². The molecule has 0 aromatic heterocycles. The molecule has 5 heteroatoms. The third-order valence-electron chi connectivity index (χ3n) is 6.02. The minimum atomic E-state index is -0.537. The molecule has 2 heterocycles. The highest BCUT2D eigenvalue weighted by Crippen LogP contribution is 2.45. The molecule has 34 heavy (non-hydrogen) atoms. The smallest absolute Gasteiger partial charge is 0.426 e. The summed E-state index contributed by atoms with van der Waals surface area (Å²) in [5.41, 5.74) is 1.08. The minimum Gasteiger partial charge on any atom is -0.426 e. The van der Waals surface area contributed by atoms with Gasteiger partial charge in [0.25, 0.3) is 0 Å². The van der Waals surface area contributed by atoms with Gasteiger partial charge in [-0.15, -0.1) is 0 Å². The van der Waals surface area contributed by atoms with E-state index in [1.807, 2.05) is 18.2 Å². The number of cyclic esters (lactones) is 2. The van der Waals surface area contributed by atoms with E-state index in [0.717, 1.165) is 5.56 Å². The Kier molecular flexibility index (Phi) is 9.47. The van der Waals surface area contributed by atoms with E-state index in [1.54, 1.807) is 0 Å². The lowest BCUT2D eigenvalue weighted by molar-refractivity contribution is -0.0872. The van der Waals surface area contributed by atoms with Gasteiger partial charge in [-0.25, -0.2) is 4.79 Å². The van der Waals surface area contributed by atoms with E-state index in [9.17, 15) is 4.79 Å². The summed E-state index contributed by atoms with van der Waals surface area (Å²) < 4.78 is 22.9. The van der Waals surface area contributed by atoms with E-state index in [0.29, 0.717) is 0 Å². The van der Waals surface area contributed by atoms with Gasteiger partial charge < -0.3 is 18.9 Å². The van der Waals surface area contributed by atoms with Crippen molar-refractivity contribution in [1.82, 2.24) is 0 Å². The molecule has 0 saturated carbocycles. The Bertz CT molecular complexity index is 728. The first-order chi connectivity index (χ1) is 14.8. The van der Waals surface area contributed by atoms with Crippen LogP contribution in [0.15, 0.2) is 30.3 Å². The second-order valence-electron chi connectivity index (χ2n) is 13.6. The second kappa shape index (κ2) is 10.6. The maximum atomic E-state index is 11.1. The van der Waals surface area contributed by atoms with Crippen molar-refractivity contribution in [2.75, 3.05) is 0 Å². The highest BCUT2D eigenvalue weighted by atomic mass is 16.8. The lowest BCUT2D eigenvalue weighted by Crippen LogP contribution is -2.42. The Balaban J connectivity index is 0.000000346. The number of hydrogen-bond donors (Lipinski definition) is 0. The maximum absolute atomic E-state index is 11.1. The largest absolute Gasteiger partial charge is 0.509 e. The zero-order valence-electron chi connectivity index (χ0n) is 22.8. The third-order valence-corrected chi connectivity index (χ3v) is 6.02. The van der Waals surface area contributed by atoms with Crippen LogP contribution in [0.2, 0.25) is 0 Å². The maximum Gasteiger partial charge on any atom is 0.509 e. The second-order valence-corrected chi connectivity index (χ2v) is 13.6. The Morgan fingerprint density at radius 1 is 0.559 bits per heavy atom. The lowest BCUT2D eigenvalue weighted by Gasteiger charge is -2.36. The predicted octanol–water partition coefficient (Wildman–Crippen LogP) is 8.18. The van der Waals surface area contributed by atoms with Crippen LogP contribution >= 0.6 is 0 Å². The van der Waals surface area contributed by atoms with Gasteiger partial charge in [0.05, 0.1) is 12.2 Å². The van der Waals surface area contributed by atoms with Crippen LogP contribution in [0.25, 0.3) is 0 Å². The molecule has 0 radical (unpaired) electrons. The monoisotopic (exact) mass is 478 g/mol. The molecule has 0 aliphatic carbocycles. The molecule has 2 fully saturated rings. The molecule has 1 aromatic rings. The van der Waals surface area contributed by atoms with Crippen LogP contribution in [0, 0.1) is 21.7 Å². The molecule has 4 atom stereocenters. The van der Waals surface area contributed by atoms with Crippen molar-refractivity contribution < 1.29 is 23.7 Å². The van der Waals surface area contributed by atoms with Crippen LogP contribution in [0.4, 0.5) is 4.79 Å². The molecule has 0 amide bonds. The number of carbonyl (C=O) groups excluding carboxylic acids is 1. The fraction of sp³-hybridized carbons (Fsp3) is 0.759. The number of hydrogen-bond acceptors (Lipinski definition) is 5. The fourth-order valence-corrected chi connectivity index (χ4v) is 4.15. The quantitative estimate of drug-likeness (QED) is 0.381. The number of carbonyl (C=O) groups is 1. The average Bonchev–Trinajstić information content (AvgIpc) is 3.26. The van der Waals surface area contributed by atoms with Gasteiger partial charge >= 0.3 is 6.16 Å². The molecule has 0 N–H and O–H groups in total. The van der Waals surface area contributed by atoms with Crippen molar-refractivity contribution in [3.8, 4) is 0 Å². The Morgan fingerprint density at radius 3 is 1.18 bits per heavy atom. The van der Waals surface area contributed by atoms with Crippen molar-refractivity contribution in [1.29, 1.82) is 0 Å². The molecule has 2 aliphatic heterocycles. The van der Waals surface area contributed by atoms with Crippen molar-refractivity contribution in [2.24, 2.45) is 21.7 Å². The first-order valence-corrected chi connectivity index (χ1v) is 12.0. The van der Waals surface area contributed by atoms with Crippen LogP contribution in [0.5, 0.6) is 0 Å². The number of ether oxygens (including phenoxy) is 4. The van der Waals surface area contributed by atoms with E-state index in [2.05, 4.69) is 95.2 Å². The van der Waals surface area contributed by atoms with Gasteiger partial charge in [-0.1, -0.05) is 121 Å². The zero-order valence-corrected chi connectivity index (χ0v) is 22.8. The molecule has 5 nitrogen and oxygen atoms in total. The van der Waals surface area contributed by atoms with E-state index in [1.165, 1.54) is 0 Å². The summed E-state index contributed by atoms with van der Waals surface area (Å²) in [6.07, 6.45) is -0.875. The van der Waals surface area contributed by atoms with E-state index in [4.69, 9.17) is 18.9 Å². The zero-order chi connectivity index (χ0) is 25.4. The molecule has 3 rings (SSSR count). The first kappa shape index (κ1) is 30.4. The fourth-order valence-electron chi connectivity index (χ4n) is 4.15. The van der Waals surface area contributed by atoms with Crippen molar-refractivity contribution in [2.45, 2.75) is 121 Å². The molecule has 1 aromatic carbocycles. The van der Waals surface area contributed by atoms with E-state index in [-0.39, 0.29) is 59.8 Å². The normalized spacial score (nSPS) is 26.2. The van der Waals surface area contributed by atoms with E-state index < -0.39 is 6.16 Å². The lowest BCUT2D eigenvalue weighted by atomic mass is 9.76. The molecular formula is C29H50O5. The summed E-state index contributed by atoms with van der Waals surface area (Å²) in [7, 11) is 0. The van der Waals surface area contributed by atoms with Gasteiger partial charge in [0.15, 0.2) is 6.29 Å². The van der Waals surface area contributed by atoms with Crippen molar-refractivity contribution in [3.63, 3.8) is 0 Å². The topological polar surface area (TPSA) is 54.0 Å². The predicted molar refractivity (Wildman–Crippen MR) is 139 cm³/mol. The number of benzene rings is 1. The molecule has 2 aliphatic rings. The summed E-state index contributed by atoms with van der Waals surface area (Å²) >= 11 is 0. The molecule has 0 bridgehead atoms. The highest BCUT2D eigenvalue weighted by Gasteiger charge is 2.50. The standard InChI is InChI=1S/C17H26O2.C11H20O3.CH4/c1-16(2,3)13-14(17(4,5)6)19-15(18-13)12-10-8-7-9-11-12;1-10(2,3)7-8(11(4,5)6)14-9(12)13-7;/h7-11,13-15H,1-6H3;7-8H,1-6H3;1H4/t13-,14-;7-,8-;/m11./s1. The molecule has 0 unspecified atom stereocenters. The van der Waals surface area contributed by atoms with Crippen LogP contribution in [0.3, 0.4) is 0 Å². The average molecular weight is 479 g/mol. The van der Waals surface area contributed by atoms with Crippen molar-refractivity contribution >= 4 is 6.16 Å². The van der Waals surface area contributed by atoms with Gasteiger partial charge in [0.1, 0.15) is 12.2 Å².